The molecule has 0 aliphatic carbocycles. The zero-order chi connectivity index (χ0) is 84.5. The molecular weight excluding hydrogens is 1270 g/mol. The fourth-order valence-corrected chi connectivity index (χ4v) is 12.2. The molecule has 9 heterocycles. The Morgan fingerprint density at radius 1 is 0.364 bits per heavy atom. The van der Waals surface area contributed by atoms with E-state index in [-0.39, 0.29) is 87.0 Å². The number of benzene rings is 6. The van der Waals surface area contributed by atoms with Crippen LogP contribution in [0.5, 0.6) is 17.2 Å². The van der Waals surface area contributed by atoms with Gasteiger partial charge in [-0.15, -0.1) is 0 Å². The summed E-state index contributed by atoms with van der Waals surface area (Å²) in [5, 5.41) is 5.45. The average molecular weight is 1370 g/mol. The predicted octanol–water partition coefficient (Wildman–Crippen LogP) is 5.58. The fraction of sp³-hybridized carbons (Fsp3) is 0.400. The van der Waals surface area contributed by atoms with Crippen LogP contribution in [-0.2, 0) is 102 Å². The van der Waals surface area contributed by atoms with Crippen LogP contribution < -0.4 is 30.2 Å². The average Bonchev–Trinajstić information content (AvgIpc) is 1.72. The predicted molar refractivity (Wildman–Crippen MR) is 358 cm³/mol. The minimum Gasteiger partial charge on any atom is -0.489 e. The first-order chi connectivity index (χ1) is 55.0. The van der Waals surface area contributed by atoms with E-state index in [2.05, 4.69) is 14.7 Å². The lowest BCUT2D eigenvalue weighted by Crippen LogP contribution is -2.52. The van der Waals surface area contributed by atoms with Crippen molar-refractivity contribution in [2.24, 2.45) is 0 Å². The summed E-state index contributed by atoms with van der Waals surface area (Å²) in [5.74, 6) is -9.79. The molecule has 6 saturated heterocycles. The quantitative estimate of drug-likeness (QED) is 0.0887. The van der Waals surface area contributed by atoms with Gasteiger partial charge in [-0.1, -0.05) is 91.0 Å². The topological polar surface area (TPSA) is 265 Å². The highest BCUT2D eigenvalue weighted by atomic mass is 16.5. The van der Waals surface area contributed by atoms with Gasteiger partial charge in [-0.25, -0.2) is 0 Å². The molecule has 24 heteroatoms. The van der Waals surface area contributed by atoms with Crippen molar-refractivity contribution in [1.29, 1.82) is 0 Å². The van der Waals surface area contributed by atoms with Gasteiger partial charge in [0.05, 0.1) is 67.5 Å². The number of imide groups is 3. The maximum atomic E-state index is 13.2. The van der Waals surface area contributed by atoms with Gasteiger partial charge in [0.2, 0.25) is 35.4 Å². The van der Waals surface area contributed by atoms with Gasteiger partial charge in [0.25, 0.3) is 17.7 Å². The first-order valence-electron chi connectivity index (χ1n) is 41.1. The molecule has 3 N–H and O–H groups in total. The monoisotopic (exact) mass is 1370 g/mol. The van der Waals surface area contributed by atoms with E-state index >= 15 is 0 Å². The van der Waals surface area contributed by atoms with E-state index in [9.17, 15) is 43.2 Å². The summed E-state index contributed by atoms with van der Waals surface area (Å²) in [5.41, 5.74) is 4.71. The number of nitrogens with zero attached hydrogens (tertiary/aromatic N) is 6. The van der Waals surface area contributed by atoms with Crippen molar-refractivity contribution in [1.82, 2.24) is 45.3 Å². The van der Waals surface area contributed by atoms with Crippen molar-refractivity contribution in [3.63, 3.8) is 0 Å². The summed E-state index contributed by atoms with van der Waals surface area (Å²) in [6, 6.07) is 28.2. The van der Waals surface area contributed by atoms with Crippen LogP contribution in [0.15, 0.2) is 127 Å². The van der Waals surface area contributed by atoms with E-state index in [1.54, 1.807) is 36.4 Å². The second-order valence-corrected chi connectivity index (χ2v) is 24.0. The molecule has 9 amide bonds. The molecule has 24 nitrogen and oxygen atoms in total. The van der Waals surface area contributed by atoms with E-state index in [4.69, 9.17) is 53.1 Å². The molecule has 99 heavy (non-hydrogen) atoms. The van der Waals surface area contributed by atoms with E-state index in [0.717, 1.165) is 70.7 Å². The Hall–Kier alpha value is -9.69. The summed E-state index contributed by atoms with van der Waals surface area (Å²) in [7, 11) is 0. The van der Waals surface area contributed by atoms with Crippen LogP contribution >= 0.6 is 0 Å². The second-order valence-electron chi connectivity index (χ2n) is 24.0. The molecule has 3 atom stereocenters. The molecule has 6 aromatic rings. The molecule has 0 aromatic heterocycles. The molecular formula is C75H81N9O15. The number of ether oxygens (including phenoxy) is 6. The third-order valence-electron chi connectivity index (χ3n) is 17.4. The first kappa shape index (κ1) is 48.9. The SMILES string of the molecule is [2H]C([2H])(Oc1cccc2c1CN(C1C(=O)NC(=O)C([2H])([2H])C1([2H])[2H])C2=O)c1ccc(CN2CCOCC2)cc1.[2H]C([2H])(Oc1cccc2c1CN([C@@H]1C(=O)NC(=O)C([2H])([2H])C1([2H])[2H])C2=O)c1ccc(CN2CCOCC2)cc1.[2H]C([2H])(Oc1cccc2c1CN([C@H]1C(=O)NC(=O)C([2H])([2H])C1([2H])[2H])C2=O)c1ccc(CN2CCOCC2)cc1. The molecule has 0 radical (unpaired) electrons. The van der Waals surface area contributed by atoms with Crippen molar-refractivity contribution in [2.75, 3.05) is 78.9 Å². The highest BCUT2D eigenvalue weighted by molar-refractivity contribution is 6.08. The summed E-state index contributed by atoms with van der Waals surface area (Å²) < 4.78 is 181. The molecule has 9 aliphatic heterocycles. The Balaban J connectivity index is 0.000000152. The number of hydrogen-bond acceptors (Lipinski definition) is 18. The summed E-state index contributed by atoms with van der Waals surface area (Å²) >= 11 is 0. The Morgan fingerprint density at radius 3 is 0.879 bits per heavy atom. The van der Waals surface area contributed by atoms with Crippen molar-refractivity contribution < 1.29 is 96.2 Å². The molecule has 516 valence electrons. The Labute approximate surface area is 599 Å². The van der Waals surface area contributed by atoms with Crippen molar-refractivity contribution in [3.05, 3.63) is 194 Å². The Morgan fingerprint density at radius 2 is 0.616 bits per heavy atom. The normalized spacial score (nSPS) is 27.3. The molecule has 0 spiro atoms. The molecule has 6 aromatic carbocycles. The van der Waals surface area contributed by atoms with Gasteiger partial charge in [0, 0.05) is 128 Å². The largest absolute Gasteiger partial charge is 0.489 e. The smallest absolute Gasteiger partial charge is 0.255 e. The van der Waals surface area contributed by atoms with Crippen LogP contribution in [0.2, 0.25) is 0 Å². The Kier molecular flexibility index (Phi) is 15.5. The highest BCUT2D eigenvalue weighted by Crippen LogP contribution is 2.37. The van der Waals surface area contributed by atoms with E-state index < -0.39 is 129 Å². The number of fused-ring (bicyclic) bond motifs is 3. The highest BCUT2D eigenvalue weighted by Gasteiger charge is 2.43. The van der Waals surface area contributed by atoms with Gasteiger partial charge in [0.1, 0.15) is 55.1 Å². The van der Waals surface area contributed by atoms with Crippen LogP contribution in [0.4, 0.5) is 0 Å². The minimum absolute atomic E-state index is 0.0293. The fourth-order valence-electron chi connectivity index (χ4n) is 12.2. The van der Waals surface area contributed by atoms with Crippen LogP contribution in [-0.4, -0.2) is 180 Å². The number of hydrogen-bond donors (Lipinski definition) is 3. The summed E-state index contributed by atoms with van der Waals surface area (Å²) in [4.78, 5) is 123. The molecule has 15 rings (SSSR count). The van der Waals surface area contributed by atoms with Gasteiger partial charge in [-0.2, -0.15) is 0 Å². The van der Waals surface area contributed by atoms with Gasteiger partial charge in [0.15, 0.2) is 0 Å². The third-order valence-corrected chi connectivity index (χ3v) is 17.4. The molecule has 0 bridgehead atoms. The second kappa shape index (κ2) is 31.4. The standard InChI is InChI=1S/3C25H27N3O5/c3*29-23-9-8-21(24(30)26-23)28-15-20-19(25(28)31)2-1-3-22(20)33-16-18-6-4-17(5-7-18)14-27-10-12-32-13-11-27/h3*1-7,21H,8-16H2,(H,26,29,30)/t2*21-;/m10./s1/i3*8D2,9D2,16D2. The summed E-state index contributed by atoms with van der Waals surface area (Å²) in [6.45, 7) is 3.29. The number of morpholine rings is 3. The summed E-state index contributed by atoms with van der Waals surface area (Å²) in [6.07, 6.45) is -18.2. The van der Waals surface area contributed by atoms with Crippen LogP contribution in [0.3, 0.4) is 0 Å². The number of amides is 9. The zero-order valence-corrected chi connectivity index (χ0v) is 53.4. The maximum Gasteiger partial charge on any atom is 0.255 e. The van der Waals surface area contributed by atoms with E-state index in [1.165, 1.54) is 54.6 Å². The lowest BCUT2D eigenvalue weighted by molar-refractivity contribution is -0.138. The first-order valence-corrected chi connectivity index (χ1v) is 32.1. The number of carbonyl (C=O) groups excluding carboxylic acids is 9. The van der Waals surface area contributed by atoms with Crippen molar-refractivity contribution >= 4 is 53.2 Å². The van der Waals surface area contributed by atoms with Gasteiger partial charge in [-0.3, -0.25) is 73.8 Å². The van der Waals surface area contributed by atoms with Gasteiger partial charge in [-0.05, 0) is 88.9 Å². The van der Waals surface area contributed by atoms with Crippen molar-refractivity contribution in [3.8, 4) is 17.2 Å². The van der Waals surface area contributed by atoms with Crippen molar-refractivity contribution in [2.45, 2.75) is 115 Å². The number of carbonyl (C=O) groups is 9. The van der Waals surface area contributed by atoms with E-state index in [0.29, 0.717) is 59.3 Å². The van der Waals surface area contributed by atoms with Gasteiger partial charge >= 0.3 is 0 Å². The maximum absolute atomic E-state index is 13.2. The van der Waals surface area contributed by atoms with Crippen LogP contribution in [0.1, 0.15) is 144 Å². The molecule has 6 fully saturated rings. The van der Waals surface area contributed by atoms with Crippen LogP contribution in [0.25, 0.3) is 0 Å². The number of piperidine rings is 3. The molecule has 1 unspecified atom stereocenters. The number of rotatable bonds is 18. The molecule has 9 aliphatic rings. The minimum atomic E-state index is -3.06. The van der Waals surface area contributed by atoms with Gasteiger partial charge < -0.3 is 43.1 Å². The lowest BCUT2D eigenvalue weighted by Gasteiger charge is -2.29. The lowest BCUT2D eigenvalue weighted by atomic mass is 10.0. The number of nitrogens with one attached hydrogen (secondary N) is 3. The van der Waals surface area contributed by atoms with E-state index in [1.807, 2.05) is 52.3 Å². The van der Waals surface area contributed by atoms with Crippen LogP contribution in [0, 0.1) is 0 Å². The molecule has 0 saturated carbocycles. The third kappa shape index (κ3) is 16.4. The Bertz CT molecular complexity index is 4420. The zero-order valence-electron chi connectivity index (χ0n) is 71.4.